The predicted molar refractivity (Wildman–Crippen MR) is 111 cm³/mol. The van der Waals surface area contributed by atoms with Gasteiger partial charge in [-0.25, -0.2) is 4.79 Å². The molecule has 160 valence electrons. The van der Waals surface area contributed by atoms with Gasteiger partial charge in [-0.05, 0) is 41.9 Å². The van der Waals surface area contributed by atoms with E-state index in [1.165, 1.54) is 0 Å². The minimum atomic E-state index is -0.326. The molecular weight excluding hydrogens is 382 g/mol. The topological polar surface area (TPSA) is 92.7 Å². The third kappa shape index (κ3) is 3.13. The molecule has 1 aromatic rings. The normalized spacial score (nSPS) is 25.9. The molecule has 0 bridgehead atoms. The van der Waals surface area contributed by atoms with E-state index < -0.39 is 0 Å². The molecule has 0 aromatic heterocycles. The van der Waals surface area contributed by atoms with E-state index in [9.17, 15) is 19.5 Å². The largest absolute Gasteiger partial charge is 0.507 e. The van der Waals surface area contributed by atoms with Crippen molar-refractivity contribution >= 4 is 17.7 Å². The lowest BCUT2D eigenvalue weighted by atomic mass is 9.56. The number of hydrogen-bond donors (Lipinski definition) is 2. The highest BCUT2D eigenvalue weighted by Gasteiger charge is 2.51. The van der Waals surface area contributed by atoms with Gasteiger partial charge < -0.3 is 15.2 Å². The molecule has 0 fully saturated rings. The standard InChI is InChI=1S/C24H29NO5/c1-4-9-25-20(27)10-13(2)14-5-6-17-21(22(14)28)19(26)11-18-16-12-30-23(29)15(16)7-8-24(17,18)3/h5-6,13,18,28H,4,7-12H2,1-3H3,(H,25,27). The summed E-state index contributed by atoms with van der Waals surface area (Å²) in [6.07, 6.45) is 2.76. The highest BCUT2D eigenvalue weighted by molar-refractivity contribution is 6.03. The predicted octanol–water partition coefficient (Wildman–Crippen LogP) is 3.52. The second-order valence-corrected chi connectivity index (χ2v) is 9.06. The highest BCUT2D eigenvalue weighted by atomic mass is 16.5. The number of ether oxygens (including phenoxy) is 1. The Kier molecular flexibility index (Phi) is 5.20. The van der Waals surface area contributed by atoms with Gasteiger partial charge in [0.15, 0.2) is 5.78 Å². The van der Waals surface area contributed by atoms with E-state index in [4.69, 9.17) is 4.74 Å². The molecular formula is C24H29NO5. The second kappa shape index (κ2) is 7.56. The molecule has 30 heavy (non-hydrogen) atoms. The van der Waals surface area contributed by atoms with Crippen molar-refractivity contribution in [1.82, 2.24) is 5.32 Å². The fourth-order valence-electron chi connectivity index (χ4n) is 5.41. The first-order chi connectivity index (χ1) is 14.3. The van der Waals surface area contributed by atoms with E-state index in [2.05, 4.69) is 12.2 Å². The molecule has 2 N–H and O–H groups in total. The lowest BCUT2D eigenvalue weighted by Gasteiger charge is -2.46. The molecule has 3 atom stereocenters. The van der Waals surface area contributed by atoms with Crippen molar-refractivity contribution in [2.75, 3.05) is 13.2 Å². The Morgan fingerprint density at radius 3 is 2.87 bits per heavy atom. The molecule has 1 amide bonds. The number of carbonyl (C=O) groups excluding carboxylic acids is 3. The van der Waals surface area contributed by atoms with Crippen LogP contribution in [0.2, 0.25) is 0 Å². The summed E-state index contributed by atoms with van der Waals surface area (Å²) >= 11 is 0. The van der Waals surface area contributed by atoms with Gasteiger partial charge in [0.05, 0.1) is 5.56 Å². The number of Topliss-reactive ketones (excluding diaryl/α,β-unsaturated/α-hetero) is 1. The average molecular weight is 411 g/mol. The zero-order valence-corrected chi connectivity index (χ0v) is 17.8. The Balaban J connectivity index is 1.68. The molecule has 1 aromatic carbocycles. The molecule has 4 rings (SSSR count). The number of phenolic OH excluding ortho intramolecular Hbond substituents is 1. The Morgan fingerprint density at radius 1 is 1.37 bits per heavy atom. The van der Waals surface area contributed by atoms with Crippen LogP contribution in [0.25, 0.3) is 0 Å². The van der Waals surface area contributed by atoms with Crippen LogP contribution in [-0.4, -0.2) is 35.9 Å². The van der Waals surface area contributed by atoms with Gasteiger partial charge in [0.25, 0.3) is 0 Å². The minimum Gasteiger partial charge on any atom is -0.507 e. The number of nitrogens with one attached hydrogen (secondary N) is 1. The number of ketones is 1. The molecule has 0 radical (unpaired) electrons. The SMILES string of the molecule is CCCNC(=O)CC(C)c1ccc2c(c1O)C(=O)CC1C3=C(CCC21C)C(=O)OC3. The van der Waals surface area contributed by atoms with Gasteiger partial charge in [-0.1, -0.05) is 32.9 Å². The molecule has 0 saturated carbocycles. The van der Waals surface area contributed by atoms with E-state index in [1.54, 1.807) is 0 Å². The van der Waals surface area contributed by atoms with Crippen LogP contribution >= 0.6 is 0 Å². The summed E-state index contributed by atoms with van der Waals surface area (Å²) in [6.45, 7) is 6.91. The van der Waals surface area contributed by atoms with E-state index in [1.807, 2.05) is 26.0 Å². The van der Waals surface area contributed by atoms with E-state index in [0.717, 1.165) is 29.6 Å². The number of esters is 1. The minimum absolute atomic E-state index is 0.00601. The summed E-state index contributed by atoms with van der Waals surface area (Å²) in [5.41, 5.74) is 3.23. The zero-order valence-electron chi connectivity index (χ0n) is 17.8. The lowest BCUT2D eigenvalue weighted by Crippen LogP contribution is -2.43. The van der Waals surface area contributed by atoms with Crippen LogP contribution in [0.5, 0.6) is 5.75 Å². The average Bonchev–Trinajstić information content (AvgIpc) is 3.08. The first kappa shape index (κ1) is 20.6. The van der Waals surface area contributed by atoms with Crippen molar-refractivity contribution in [3.05, 3.63) is 40.0 Å². The maximum absolute atomic E-state index is 13.1. The third-order valence-electron chi connectivity index (χ3n) is 7.16. The van der Waals surface area contributed by atoms with Crippen LogP contribution in [0, 0.1) is 5.92 Å². The number of benzene rings is 1. The summed E-state index contributed by atoms with van der Waals surface area (Å²) in [5, 5.41) is 13.9. The number of fused-ring (bicyclic) bond motifs is 4. The van der Waals surface area contributed by atoms with Gasteiger partial charge in [-0.3, -0.25) is 9.59 Å². The summed E-state index contributed by atoms with van der Waals surface area (Å²) in [7, 11) is 0. The van der Waals surface area contributed by atoms with Gasteiger partial charge in [0, 0.05) is 36.3 Å². The number of carbonyl (C=O) groups is 3. The van der Waals surface area contributed by atoms with E-state index in [0.29, 0.717) is 24.1 Å². The van der Waals surface area contributed by atoms with Crippen molar-refractivity contribution in [2.45, 2.75) is 64.2 Å². The van der Waals surface area contributed by atoms with Gasteiger partial charge in [-0.2, -0.15) is 0 Å². The van der Waals surface area contributed by atoms with Crippen LogP contribution in [0.3, 0.4) is 0 Å². The zero-order chi connectivity index (χ0) is 21.6. The fourth-order valence-corrected chi connectivity index (χ4v) is 5.41. The van der Waals surface area contributed by atoms with Gasteiger partial charge in [0.1, 0.15) is 12.4 Å². The van der Waals surface area contributed by atoms with Crippen molar-refractivity contribution in [3.8, 4) is 5.75 Å². The van der Waals surface area contributed by atoms with Crippen LogP contribution in [-0.2, 0) is 19.7 Å². The first-order valence-corrected chi connectivity index (χ1v) is 10.8. The number of phenols is 1. The number of cyclic esters (lactones) is 1. The van der Waals surface area contributed by atoms with Gasteiger partial charge in [0.2, 0.25) is 5.91 Å². The van der Waals surface area contributed by atoms with Crippen LogP contribution in [0.1, 0.15) is 80.3 Å². The molecule has 1 heterocycles. The van der Waals surface area contributed by atoms with Gasteiger partial charge >= 0.3 is 5.97 Å². The third-order valence-corrected chi connectivity index (χ3v) is 7.16. The van der Waals surface area contributed by atoms with Crippen molar-refractivity contribution in [3.63, 3.8) is 0 Å². The monoisotopic (exact) mass is 411 g/mol. The maximum atomic E-state index is 13.1. The van der Waals surface area contributed by atoms with Crippen molar-refractivity contribution in [2.24, 2.45) is 5.92 Å². The summed E-state index contributed by atoms with van der Waals surface area (Å²) in [4.78, 5) is 37.2. The Bertz CT molecular complexity index is 963. The summed E-state index contributed by atoms with van der Waals surface area (Å²) in [5.74, 6) is -0.688. The van der Waals surface area contributed by atoms with E-state index >= 15 is 0 Å². The number of amides is 1. The first-order valence-electron chi connectivity index (χ1n) is 10.8. The quantitative estimate of drug-likeness (QED) is 0.723. The molecule has 2 aliphatic carbocycles. The van der Waals surface area contributed by atoms with Crippen molar-refractivity contribution in [1.29, 1.82) is 0 Å². The maximum Gasteiger partial charge on any atom is 0.334 e. The highest BCUT2D eigenvalue weighted by Crippen LogP contribution is 2.55. The Hall–Kier alpha value is -2.63. The molecule has 6 heteroatoms. The molecule has 3 unspecified atom stereocenters. The van der Waals surface area contributed by atoms with Gasteiger partial charge in [-0.15, -0.1) is 0 Å². The van der Waals surface area contributed by atoms with Crippen LogP contribution in [0.4, 0.5) is 0 Å². The van der Waals surface area contributed by atoms with E-state index in [-0.39, 0.29) is 60.1 Å². The number of aromatic hydroxyl groups is 1. The molecule has 0 saturated heterocycles. The summed E-state index contributed by atoms with van der Waals surface area (Å²) in [6, 6.07) is 3.80. The molecule has 0 spiro atoms. The number of rotatable bonds is 5. The lowest BCUT2D eigenvalue weighted by molar-refractivity contribution is -0.136. The smallest absolute Gasteiger partial charge is 0.334 e. The van der Waals surface area contributed by atoms with Crippen LogP contribution < -0.4 is 5.32 Å². The number of hydrogen-bond acceptors (Lipinski definition) is 5. The molecule has 6 nitrogen and oxygen atoms in total. The van der Waals surface area contributed by atoms with Crippen molar-refractivity contribution < 1.29 is 24.2 Å². The molecule has 3 aliphatic rings. The second-order valence-electron chi connectivity index (χ2n) is 9.06. The Morgan fingerprint density at radius 2 is 2.13 bits per heavy atom. The fraction of sp³-hybridized carbons (Fsp3) is 0.542. The molecule has 1 aliphatic heterocycles. The summed E-state index contributed by atoms with van der Waals surface area (Å²) < 4.78 is 5.24. The van der Waals surface area contributed by atoms with Crippen LogP contribution in [0.15, 0.2) is 23.3 Å². The Labute approximate surface area is 176 Å².